The van der Waals surface area contributed by atoms with Crippen LogP contribution in [0.4, 0.5) is 0 Å². The number of esters is 1. The largest absolute Gasteiger partial charge is 0.756 e. The maximum Gasteiger partial charge on any atom is 0.306 e. The van der Waals surface area contributed by atoms with E-state index in [1.165, 1.54) is 70.6 Å². The minimum absolute atomic E-state index is 0.0451. The highest BCUT2D eigenvalue weighted by atomic mass is 31.2. The van der Waals surface area contributed by atoms with Gasteiger partial charge in [0, 0.05) is 12.8 Å². The number of hydrogen-bond donors (Lipinski definition) is 1. The molecule has 0 aromatic rings. The van der Waals surface area contributed by atoms with Gasteiger partial charge in [-0.05, 0) is 115 Å². The number of quaternary nitrogens is 1. The Labute approximate surface area is 448 Å². The zero-order valence-electron chi connectivity index (χ0n) is 47.3. The third kappa shape index (κ3) is 53.1. The Morgan fingerprint density at radius 1 is 0.493 bits per heavy atom. The number of allylic oxidation sites excluding steroid dienone is 19. The topological polar surface area (TPSA) is 114 Å². The predicted octanol–water partition coefficient (Wildman–Crippen LogP) is 16.9. The molecule has 9 nitrogen and oxygen atoms in total. The molecular formula is C63H107N2O7P. The number of nitrogens with zero attached hydrogens (tertiary/aromatic N) is 1. The smallest absolute Gasteiger partial charge is 0.306 e. The summed E-state index contributed by atoms with van der Waals surface area (Å²) in [4.78, 5) is 39.8. The van der Waals surface area contributed by atoms with Gasteiger partial charge in [-0.25, -0.2) is 0 Å². The van der Waals surface area contributed by atoms with E-state index in [-0.39, 0.29) is 25.4 Å². The molecule has 73 heavy (non-hydrogen) atoms. The minimum atomic E-state index is -4.73. The zero-order chi connectivity index (χ0) is 53.6. The second-order valence-corrected chi connectivity index (χ2v) is 21.5. The molecule has 0 saturated carbocycles. The normalized spacial score (nSPS) is 14.7. The monoisotopic (exact) mass is 1030 g/mol. The fraction of sp³-hybridized carbons (Fsp3) is 0.651. The van der Waals surface area contributed by atoms with Gasteiger partial charge in [-0.15, -0.1) is 0 Å². The van der Waals surface area contributed by atoms with E-state index in [1.807, 2.05) is 27.2 Å². The second kappa shape index (κ2) is 51.9. The Bertz CT molecular complexity index is 1660. The molecule has 0 spiro atoms. The van der Waals surface area contributed by atoms with Crippen molar-refractivity contribution in [1.29, 1.82) is 0 Å². The average molecular weight is 1040 g/mol. The Hall–Kier alpha value is -3.59. The fourth-order valence-corrected chi connectivity index (χ4v) is 8.14. The van der Waals surface area contributed by atoms with Crippen LogP contribution in [0.2, 0.25) is 0 Å². The number of phosphoric ester groups is 1. The van der Waals surface area contributed by atoms with E-state index >= 15 is 0 Å². The first-order valence-electron chi connectivity index (χ1n) is 28.8. The summed E-state index contributed by atoms with van der Waals surface area (Å²) < 4.78 is 30.1. The highest BCUT2D eigenvalue weighted by Crippen LogP contribution is 2.38. The standard InChI is InChI=1S/C63H107N2O7P/c1-7-10-13-16-19-22-25-27-29-31-32-34-36-38-41-44-47-50-53-56-63(67)72-61(54-51-48-45-42-39-24-21-18-15-12-9-3)60(59-71-73(68,69)70-58-57-65(4,5)6)64-62(66)55-52-49-46-43-40-37-35-33-30-28-26-23-20-17-14-11-8-2/h11,14,19-20,22-23,27-30,32,34-35,37-38,41,43,46,51,54,60-61H,7-10,12-13,15-18,21,24-26,31,33,36,39-40,42,44-45,47-50,52-53,55-59H2,1-6H3,(H-,64,66,68,69)/b14-11-,22-19-,23-20-,29-27-,30-28-,34-32-,37-35-,41-38-,46-43-,54-51+. The quantitative estimate of drug-likeness (QED) is 0.0212. The lowest BCUT2D eigenvalue weighted by Gasteiger charge is -2.30. The summed E-state index contributed by atoms with van der Waals surface area (Å²) in [5.74, 6) is -0.657. The summed E-state index contributed by atoms with van der Waals surface area (Å²) in [6.45, 7) is 6.60. The van der Waals surface area contributed by atoms with E-state index in [4.69, 9.17) is 13.8 Å². The van der Waals surface area contributed by atoms with Crippen molar-refractivity contribution in [2.45, 2.75) is 226 Å². The molecular weight excluding hydrogens is 928 g/mol. The Morgan fingerprint density at radius 2 is 0.890 bits per heavy atom. The van der Waals surface area contributed by atoms with Gasteiger partial charge in [0.1, 0.15) is 19.3 Å². The van der Waals surface area contributed by atoms with Crippen LogP contribution in [-0.4, -0.2) is 69.4 Å². The summed E-state index contributed by atoms with van der Waals surface area (Å²) in [6, 6.07) is -0.939. The Balaban J connectivity index is 5.47. The molecule has 0 aromatic carbocycles. The molecule has 3 unspecified atom stereocenters. The summed E-state index contributed by atoms with van der Waals surface area (Å²) in [5.41, 5.74) is 0. The van der Waals surface area contributed by atoms with E-state index in [2.05, 4.69) is 135 Å². The van der Waals surface area contributed by atoms with Gasteiger partial charge >= 0.3 is 5.97 Å². The summed E-state index contributed by atoms with van der Waals surface area (Å²) in [5, 5.41) is 2.97. The van der Waals surface area contributed by atoms with E-state index in [9.17, 15) is 19.0 Å². The second-order valence-electron chi connectivity index (χ2n) is 20.1. The molecule has 0 aliphatic heterocycles. The minimum Gasteiger partial charge on any atom is -0.756 e. The molecule has 0 bridgehead atoms. The third-order valence-electron chi connectivity index (χ3n) is 11.9. The zero-order valence-corrected chi connectivity index (χ0v) is 48.2. The first-order valence-corrected chi connectivity index (χ1v) is 30.3. The van der Waals surface area contributed by atoms with Crippen molar-refractivity contribution in [3.05, 3.63) is 122 Å². The maximum atomic E-state index is 13.5. The number of likely N-dealkylation sites (N-methyl/N-ethyl adjacent to an activating group) is 1. The summed E-state index contributed by atoms with van der Waals surface area (Å²) >= 11 is 0. The van der Waals surface area contributed by atoms with Crippen LogP contribution in [0.5, 0.6) is 0 Å². The van der Waals surface area contributed by atoms with Crippen molar-refractivity contribution in [3.8, 4) is 0 Å². The molecule has 0 saturated heterocycles. The molecule has 1 amide bonds. The van der Waals surface area contributed by atoms with Crippen LogP contribution in [-0.2, 0) is 27.9 Å². The van der Waals surface area contributed by atoms with Crippen LogP contribution in [0, 0.1) is 0 Å². The number of carbonyl (C=O) groups is 2. The van der Waals surface area contributed by atoms with E-state index < -0.39 is 32.5 Å². The average Bonchev–Trinajstić information content (AvgIpc) is 3.35. The first kappa shape index (κ1) is 69.4. The Morgan fingerprint density at radius 3 is 1.37 bits per heavy atom. The number of phosphoric acid groups is 1. The van der Waals surface area contributed by atoms with E-state index in [0.29, 0.717) is 23.9 Å². The summed E-state index contributed by atoms with van der Waals surface area (Å²) in [6.07, 6.45) is 71.8. The number of nitrogens with one attached hydrogen (secondary N) is 1. The summed E-state index contributed by atoms with van der Waals surface area (Å²) in [7, 11) is 1.11. The van der Waals surface area contributed by atoms with Crippen LogP contribution >= 0.6 is 7.82 Å². The molecule has 0 heterocycles. The van der Waals surface area contributed by atoms with Crippen molar-refractivity contribution in [2.75, 3.05) is 40.9 Å². The molecule has 0 aliphatic rings. The molecule has 0 fully saturated rings. The Kier molecular flexibility index (Phi) is 49.3. The van der Waals surface area contributed by atoms with Gasteiger partial charge in [0.05, 0.1) is 33.8 Å². The lowest BCUT2D eigenvalue weighted by molar-refractivity contribution is -0.870. The molecule has 10 heteroatoms. The fourth-order valence-electron chi connectivity index (χ4n) is 7.42. The first-order chi connectivity index (χ1) is 35.4. The van der Waals surface area contributed by atoms with E-state index in [0.717, 1.165) is 96.3 Å². The van der Waals surface area contributed by atoms with Crippen molar-refractivity contribution >= 4 is 19.7 Å². The number of ether oxygens (including phenoxy) is 1. The van der Waals surface area contributed by atoms with Gasteiger partial charge in [-0.2, -0.15) is 0 Å². The van der Waals surface area contributed by atoms with Gasteiger partial charge < -0.3 is 28.5 Å². The molecule has 416 valence electrons. The van der Waals surface area contributed by atoms with Crippen molar-refractivity contribution in [1.82, 2.24) is 5.32 Å². The molecule has 0 rings (SSSR count). The van der Waals surface area contributed by atoms with Gasteiger partial charge in [-0.3, -0.25) is 14.2 Å². The SMILES string of the molecule is CC/C=C\C/C=C\C/C=C\C/C=C\C/C=C\CCCC(=O)NC(COP(=O)([O-])OCC[N+](C)(C)C)C(/C=C/CCCCCCCCCCC)OC(=O)CCCCC/C=C\C/C=C\C/C=C\C/C=C\CCCCC. The molecule has 1 N–H and O–H groups in total. The highest BCUT2D eigenvalue weighted by Gasteiger charge is 2.27. The van der Waals surface area contributed by atoms with Crippen LogP contribution in [0.25, 0.3) is 0 Å². The molecule has 3 atom stereocenters. The number of carbonyl (C=O) groups excluding carboxylic acids is 2. The predicted molar refractivity (Wildman–Crippen MR) is 311 cm³/mol. The number of hydrogen-bond acceptors (Lipinski definition) is 7. The van der Waals surface area contributed by atoms with Gasteiger partial charge in [0.15, 0.2) is 0 Å². The lowest BCUT2D eigenvalue weighted by atomic mass is 10.1. The highest BCUT2D eigenvalue weighted by molar-refractivity contribution is 7.45. The van der Waals surface area contributed by atoms with E-state index in [1.54, 1.807) is 6.08 Å². The molecule has 0 aliphatic carbocycles. The van der Waals surface area contributed by atoms with Crippen molar-refractivity contribution in [3.63, 3.8) is 0 Å². The number of unbranched alkanes of at least 4 members (excludes halogenated alkanes) is 16. The number of amides is 1. The van der Waals surface area contributed by atoms with Crippen molar-refractivity contribution < 1.29 is 37.3 Å². The van der Waals surface area contributed by atoms with Gasteiger partial charge in [0.25, 0.3) is 7.82 Å². The third-order valence-corrected chi connectivity index (χ3v) is 12.8. The van der Waals surface area contributed by atoms with Gasteiger partial charge in [-0.1, -0.05) is 207 Å². The van der Waals surface area contributed by atoms with Gasteiger partial charge in [0.2, 0.25) is 5.91 Å². The molecule has 0 aromatic heterocycles. The maximum absolute atomic E-state index is 13.5. The van der Waals surface area contributed by atoms with Crippen LogP contribution in [0.15, 0.2) is 122 Å². The van der Waals surface area contributed by atoms with Crippen molar-refractivity contribution in [2.24, 2.45) is 0 Å². The number of rotatable bonds is 50. The van der Waals surface area contributed by atoms with Crippen LogP contribution in [0.3, 0.4) is 0 Å². The van der Waals surface area contributed by atoms with Crippen LogP contribution in [0.1, 0.15) is 213 Å². The molecule has 0 radical (unpaired) electrons. The van der Waals surface area contributed by atoms with Crippen LogP contribution < -0.4 is 10.2 Å². The lowest BCUT2D eigenvalue weighted by Crippen LogP contribution is -2.47.